The van der Waals surface area contributed by atoms with Gasteiger partial charge in [-0.25, -0.2) is 0 Å². The monoisotopic (exact) mass is 290 g/mol. The molecular weight excluding hydrogens is 264 g/mol. The molecular formula is C17H26N2O2. The van der Waals surface area contributed by atoms with E-state index in [0.717, 1.165) is 36.6 Å². The summed E-state index contributed by atoms with van der Waals surface area (Å²) in [5.74, 6) is 1.34. The van der Waals surface area contributed by atoms with Crippen LogP contribution in [-0.4, -0.2) is 40.8 Å². The number of rotatable bonds is 4. The van der Waals surface area contributed by atoms with Gasteiger partial charge in [0.05, 0.1) is 18.9 Å². The zero-order valence-corrected chi connectivity index (χ0v) is 13.1. The molecule has 1 N–H and O–H groups in total. The maximum absolute atomic E-state index is 10.2. The number of ether oxygens (including phenoxy) is 1. The molecule has 21 heavy (non-hydrogen) atoms. The Hall–Kier alpha value is -1.13. The summed E-state index contributed by atoms with van der Waals surface area (Å²) in [7, 11) is 1.70. The van der Waals surface area contributed by atoms with Crippen LogP contribution in [-0.2, 0) is 6.54 Å². The summed E-state index contributed by atoms with van der Waals surface area (Å²) in [5.41, 5.74) is 2.08. The van der Waals surface area contributed by atoms with E-state index < -0.39 is 0 Å². The first kappa shape index (κ1) is 14.8. The van der Waals surface area contributed by atoms with Crippen LogP contribution in [0.5, 0.6) is 5.75 Å². The third-order valence-corrected chi connectivity index (χ3v) is 5.02. The molecule has 3 unspecified atom stereocenters. The highest BCUT2D eigenvalue weighted by atomic mass is 16.5. The topological polar surface area (TPSA) is 45.6 Å². The highest BCUT2D eigenvalue weighted by molar-refractivity contribution is 5.26. The molecule has 4 nitrogen and oxygen atoms in total. The minimum Gasteiger partial charge on any atom is -0.497 e. The molecule has 0 spiro atoms. The van der Waals surface area contributed by atoms with E-state index in [1.165, 1.54) is 25.7 Å². The lowest BCUT2D eigenvalue weighted by Crippen LogP contribution is -2.38. The average Bonchev–Trinajstić information content (AvgIpc) is 3.06. The van der Waals surface area contributed by atoms with Crippen molar-refractivity contribution in [2.24, 2.45) is 5.92 Å². The molecule has 0 amide bonds. The van der Waals surface area contributed by atoms with E-state index in [4.69, 9.17) is 4.74 Å². The molecule has 0 aromatic carbocycles. The normalized spacial score (nSPS) is 30.0. The van der Waals surface area contributed by atoms with Gasteiger partial charge in [0.1, 0.15) is 5.75 Å². The lowest BCUT2D eigenvalue weighted by molar-refractivity contribution is 0.0713. The summed E-state index contributed by atoms with van der Waals surface area (Å²) in [6.07, 6.45) is 5.67. The fourth-order valence-corrected chi connectivity index (χ4v) is 4.06. The Morgan fingerprint density at radius 2 is 2.14 bits per heavy atom. The molecule has 0 radical (unpaired) electrons. The van der Waals surface area contributed by atoms with Gasteiger partial charge in [-0.3, -0.25) is 9.88 Å². The van der Waals surface area contributed by atoms with Crippen molar-refractivity contribution in [3.63, 3.8) is 0 Å². The average molecular weight is 290 g/mol. The zero-order valence-electron chi connectivity index (χ0n) is 13.1. The number of aliphatic hydroxyl groups excluding tert-OH is 1. The summed E-state index contributed by atoms with van der Waals surface area (Å²) in [6.45, 7) is 3.99. The van der Waals surface area contributed by atoms with E-state index in [0.29, 0.717) is 12.0 Å². The molecule has 116 valence electrons. The van der Waals surface area contributed by atoms with Crippen LogP contribution in [0.2, 0.25) is 0 Å². The molecule has 3 rings (SSSR count). The van der Waals surface area contributed by atoms with E-state index in [1.807, 2.05) is 19.1 Å². The number of methoxy groups -OCH3 is 1. The number of pyridine rings is 1. The third-order valence-electron chi connectivity index (χ3n) is 5.02. The molecule has 2 heterocycles. The summed E-state index contributed by atoms with van der Waals surface area (Å²) in [4.78, 5) is 7.16. The number of hydrogen-bond acceptors (Lipinski definition) is 4. The summed E-state index contributed by atoms with van der Waals surface area (Å²) in [6, 6.07) is 4.52. The number of likely N-dealkylation sites (tertiary alicyclic amines) is 1. The number of hydrogen-bond donors (Lipinski definition) is 1. The van der Waals surface area contributed by atoms with Gasteiger partial charge in [-0.05, 0) is 39.2 Å². The van der Waals surface area contributed by atoms with Crippen molar-refractivity contribution in [1.82, 2.24) is 9.88 Å². The van der Waals surface area contributed by atoms with E-state index >= 15 is 0 Å². The largest absolute Gasteiger partial charge is 0.497 e. The maximum atomic E-state index is 10.2. The molecule has 0 bridgehead atoms. The Labute approximate surface area is 127 Å². The minimum absolute atomic E-state index is 0.101. The smallest absolute Gasteiger partial charge is 0.122 e. The maximum Gasteiger partial charge on any atom is 0.122 e. The Morgan fingerprint density at radius 1 is 1.29 bits per heavy atom. The number of aliphatic hydroxyl groups is 1. The Morgan fingerprint density at radius 3 is 2.86 bits per heavy atom. The van der Waals surface area contributed by atoms with E-state index in [9.17, 15) is 5.11 Å². The molecule has 4 heteroatoms. The first-order valence-corrected chi connectivity index (χ1v) is 8.11. The Kier molecular flexibility index (Phi) is 4.45. The molecule has 1 aliphatic heterocycles. The van der Waals surface area contributed by atoms with Crippen LogP contribution < -0.4 is 4.74 Å². The fourth-order valence-electron chi connectivity index (χ4n) is 4.06. The molecule has 1 saturated heterocycles. The number of aryl methyl sites for hydroxylation is 1. The first-order valence-electron chi connectivity index (χ1n) is 8.11. The molecule has 2 aliphatic rings. The van der Waals surface area contributed by atoms with Gasteiger partial charge >= 0.3 is 0 Å². The number of nitrogens with zero attached hydrogens (tertiary/aromatic N) is 2. The van der Waals surface area contributed by atoms with Crippen molar-refractivity contribution in [1.29, 1.82) is 0 Å². The van der Waals surface area contributed by atoms with Crippen LogP contribution in [0, 0.1) is 12.8 Å². The van der Waals surface area contributed by atoms with Gasteiger partial charge in [-0.2, -0.15) is 0 Å². The van der Waals surface area contributed by atoms with Gasteiger partial charge < -0.3 is 9.84 Å². The van der Waals surface area contributed by atoms with Gasteiger partial charge in [-0.1, -0.05) is 6.42 Å². The Bertz CT molecular complexity index is 492. The SMILES string of the molecule is COc1cc(C)nc(CN2CCCC2C2CCCC2O)c1. The predicted octanol–water partition coefficient (Wildman–Crippen LogP) is 2.52. The van der Waals surface area contributed by atoms with Gasteiger partial charge in [0, 0.05) is 36.3 Å². The second-order valence-electron chi connectivity index (χ2n) is 6.48. The summed E-state index contributed by atoms with van der Waals surface area (Å²) >= 11 is 0. The second kappa shape index (κ2) is 6.32. The van der Waals surface area contributed by atoms with Crippen LogP contribution in [0.4, 0.5) is 0 Å². The summed E-state index contributed by atoms with van der Waals surface area (Å²) < 4.78 is 5.35. The highest BCUT2D eigenvalue weighted by Gasteiger charge is 2.38. The van der Waals surface area contributed by atoms with Gasteiger partial charge in [0.15, 0.2) is 0 Å². The van der Waals surface area contributed by atoms with Crippen LogP contribution in [0.3, 0.4) is 0 Å². The number of aromatic nitrogens is 1. The van der Waals surface area contributed by atoms with Crippen molar-refractivity contribution >= 4 is 0 Å². The molecule has 3 atom stereocenters. The third kappa shape index (κ3) is 3.22. The molecule has 2 fully saturated rings. The molecule has 1 aromatic heterocycles. The second-order valence-corrected chi connectivity index (χ2v) is 6.48. The van der Waals surface area contributed by atoms with Crippen molar-refractivity contribution in [2.75, 3.05) is 13.7 Å². The standard InChI is InChI=1S/C17H26N2O2/c1-12-9-14(21-2)10-13(18-12)11-19-8-4-6-16(19)15-5-3-7-17(15)20/h9-10,15-17,20H,3-8,11H2,1-2H3. The van der Waals surface area contributed by atoms with Crippen molar-refractivity contribution in [3.8, 4) is 5.75 Å². The van der Waals surface area contributed by atoms with E-state index in [-0.39, 0.29) is 6.10 Å². The van der Waals surface area contributed by atoms with Crippen molar-refractivity contribution < 1.29 is 9.84 Å². The Balaban J connectivity index is 1.72. The van der Waals surface area contributed by atoms with Crippen LogP contribution in [0.1, 0.15) is 43.5 Å². The summed E-state index contributed by atoms with van der Waals surface area (Å²) in [5, 5.41) is 10.2. The van der Waals surface area contributed by atoms with Crippen LogP contribution >= 0.6 is 0 Å². The van der Waals surface area contributed by atoms with Crippen LogP contribution in [0.25, 0.3) is 0 Å². The quantitative estimate of drug-likeness (QED) is 0.925. The lowest BCUT2D eigenvalue weighted by atomic mass is 9.94. The lowest BCUT2D eigenvalue weighted by Gasteiger charge is -2.31. The molecule has 1 saturated carbocycles. The van der Waals surface area contributed by atoms with Gasteiger partial charge in [0.25, 0.3) is 0 Å². The van der Waals surface area contributed by atoms with Crippen LogP contribution in [0.15, 0.2) is 12.1 Å². The van der Waals surface area contributed by atoms with Crippen molar-refractivity contribution in [2.45, 2.75) is 57.7 Å². The predicted molar refractivity (Wildman–Crippen MR) is 82.3 cm³/mol. The van der Waals surface area contributed by atoms with E-state index in [2.05, 4.69) is 9.88 Å². The molecule has 1 aliphatic carbocycles. The minimum atomic E-state index is -0.101. The van der Waals surface area contributed by atoms with E-state index in [1.54, 1.807) is 7.11 Å². The highest BCUT2D eigenvalue weighted by Crippen LogP contribution is 2.36. The van der Waals surface area contributed by atoms with Crippen molar-refractivity contribution in [3.05, 3.63) is 23.5 Å². The first-order chi connectivity index (χ1) is 10.2. The fraction of sp³-hybridized carbons (Fsp3) is 0.706. The zero-order chi connectivity index (χ0) is 14.8. The molecule has 1 aromatic rings. The van der Waals surface area contributed by atoms with Gasteiger partial charge in [-0.15, -0.1) is 0 Å². The van der Waals surface area contributed by atoms with Gasteiger partial charge in [0.2, 0.25) is 0 Å².